The summed E-state index contributed by atoms with van der Waals surface area (Å²) in [5.41, 5.74) is 1.20. The van der Waals surface area contributed by atoms with Gasteiger partial charge in [0.1, 0.15) is 6.07 Å². The van der Waals surface area contributed by atoms with Crippen molar-refractivity contribution in [2.24, 2.45) is 0 Å². The summed E-state index contributed by atoms with van der Waals surface area (Å²) in [6, 6.07) is 3.98. The van der Waals surface area contributed by atoms with Gasteiger partial charge < -0.3 is 19.2 Å². The van der Waals surface area contributed by atoms with Crippen LogP contribution in [-0.2, 0) is 9.47 Å². The molecular weight excluding hydrogens is 232 g/mol. The summed E-state index contributed by atoms with van der Waals surface area (Å²) in [5, 5.41) is 12.9. The van der Waals surface area contributed by atoms with Crippen LogP contribution < -0.4 is 16.0 Å². The molecule has 1 aromatic heterocycles. The first-order valence-corrected chi connectivity index (χ1v) is 6.00. The van der Waals surface area contributed by atoms with Gasteiger partial charge in [0.15, 0.2) is 11.2 Å². The molecule has 1 aliphatic rings. The van der Waals surface area contributed by atoms with E-state index in [9.17, 15) is 0 Å². The van der Waals surface area contributed by atoms with Crippen LogP contribution in [0, 0.1) is 11.3 Å². The van der Waals surface area contributed by atoms with Crippen LogP contribution >= 0.6 is 0 Å². The Morgan fingerprint density at radius 2 is 2.17 bits per heavy atom. The van der Waals surface area contributed by atoms with Crippen molar-refractivity contribution in [1.82, 2.24) is 5.32 Å². The highest BCUT2D eigenvalue weighted by Gasteiger charge is 2.17. The Labute approximate surface area is 105 Å². The molecule has 96 valence electrons. The predicted molar refractivity (Wildman–Crippen MR) is 65.4 cm³/mol. The second-order valence-electron chi connectivity index (χ2n) is 3.79. The number of hydrogen-bond donors (Lipinski definition) is 1. The van der Waals surface area contributed by atoms with E-state index in [0.29, 0.717) is 36.5 Å². The van der Waals surface area contributed by atoms with Crippen LogP contribution in [-0.4, -0.2) is 19.8 Å². The molecule has 5 nitrogen and oxygen atoms in total. The van der Waals surface area contributed by atoms with Gasteiger partial charge in [-0.1, -0.05) is 0 Å². The lowest BCUT2D eigenvalue weighted by molar-refractivity contribution is -0.151. The Hall–Kier alpha value is -1.77. The zero-order valence-corrected chi connectivity index (χ0v) is 10.5. The van der Waals surface area contributed by atoms with Gasteiger partial charge in [-0.3, -0.25) is 0 Å². The molecule has 1 aromatic rings. The van der Waals surface area contributed by atoms with Crippen molar-refractivity contribution in [1.29, 1.82) is 5.26 Å². The minimum absolute atomic E-state index is 0.490. The molecule has 2 heterocycles. The van der Waals surface area contributed by atoms with Crippen LogP contribution in [0.4, 0.5) is 0 Å². The third kappa shape index (κ3) is 2.40. The second kappa shape index (κ2) is 5.71. The van der Waals surface area contributed by atoms with E-state index in [2.05, 4.69) is 11.4 Å². The average molecular weight is 248 g/mol. The molecule has 0 spiro atoms. The average Bonchev–Trinajstić information content (AvgIpc) is 2.82. The van der Waals surface area contributed by atoms with E-state index in [0.717, 1.165) is 5.22 Å². The van der Waals surface area contributed by atoms with Crippen molar-refractivity contribution < 1.29 is 13.9 Å². The van der Waals surface area contributed by atoms with Crippen molar-refractivity contribution in [3.8, 4) is 6.07 Å². The zero-order valence-electron chi connectivity index (χ0n) is 10.5. The first-order valence-electron chi connectivity index (χ1n) is 6.00. The van der Waals surface area contributed by atoms with Crippen LogP contribution in [0.25, 0.3) is 11.8 Å². The Bertz CT molecular complexity index is 562. The minimum Gasteiger partial charge on any atom is -0.454 e. The number of hydrogen-bond acceptors (Lipinski definition) is 5. The molecule has 1 N–H and O–H groups in total. The fourth-order valence-electron chi connectivity index (χ4n) is 1.83. The van der Waals surface area contributed by atoms with Crippen LogP contribution in [0.3, 0.4) is 0 Å². The van der Waals surface area contributed by atoms with Gasteiger partial charge >= 0.3 is 0 Å². The molecule has 0 fully saturated rings. The van der Waals surface area contributed by atoms with E-state index in [1.165, 1.54) is 0 Å². The van der Waals surface area contributed by atoms with Gasteiger partial charge in [0.25, 0.3) is 0 Å². The normalized spacial score (nSPS) is 13.8. The SMILES string of the molecule is CCOC(OCC)c1cc2c(o1)=C(C#N)CNC=2. The number of furan rings is 1. The van der Waals surface area contributed by atoms with E-state index in [1.807, 2.05) is 26.1 Å². The topological polar surface area (TPSA) is 67.4 Å². The molecule has 0 unspecified atom stereocenters. The van der Waals surface area contributed by atoms with Crippen LogP contribution in [0.15, 0.2) is 10.5 Å². The largest absolute Gasteiger partial charge is 0.454 e. The van der Waals surface area contributed by atoms with Gasteiger partial charge in [0, 0.05) is 24.6 Å². The Kier molecular flexibility index (Phi) is 4.03. The third-order valence-electron chi connectivity index (χ3n) is 2.59. The maximum absolute atomic E-state index is 9.03. The van der Waals surface area contributed by atoms with E-state index in [4.69, 9.17) is 19.2 Å². The summed E-state index contributed by atoms with van der Waals surface area (Å²) in [7, 11) is 0. The summed E-state index contributed by atoms with van der Waals surface area (Å²) in [5.74, 6) is 0.594. The van der Waals surface area contributed by atoms with Gasteiger partial charge in [0.05, 0.1) is 12.1 Å². The van der Waals surface area contributed by atoms with E-state index in [1.54, 1.807) is 0 Å². The molecule has 2 rings (SSSR count). The number of nitrogens with zero attached hydrogens (tertiary/aromatic N) is 1. The van der Waals surface area contributed by atoms with E-state index >= 15 is 0 Å². The summed E-state index contributed by atoms with van der Waals surface area (Å²) in [6.07, 6.45) is 1.32. The number of ether oxygens (including phenoxy) is 2. The van der Waals surface area contributed by atoms with Crippen molar-refractivity contribution >= 4 is 11.8 Å². The number of nitrogens with one attached hydrogen (secondary N) is 1. The molecule has 0 amide bonds. The summed E-state index contributed by atoms with van der Waals surface area (Å²) >= 11 is 0. The van der Waals surface area contributed by atoms with E-state index in [-0.39, 0.29) is 0 Å². The van der Waals surface area contributed by atoms with Crippen molar-refractivity contribution in [2.75, 3.05) is 19.8 Å². The van der Waals surface area contributed by atoms with Gasteiger partial charge in [0.2, 0.25) is 6.29 Å². The monoisotopic (exact) mass is 248 g/mol. The first-order chi connectivity index (χ1) is 8.80. The van der Waals surface area contributed by atoms with Gasteiger partial charge in [-0.2, -0.15) is 5.26 Å². The Balaban J connectivity index is 2.43. The summed E-state index contributed by atoms with van der Waals surface area (Å²) < 4.78 is 16.6. The lowest BCUT2D eigenvalue weighted by Gasteiger charge is -2.13. The molecule has 0 bridgehead atoms. The predicted octanol–water partition coefficient (Wildman–Crippen LogP) is 0.367. The maximum Gasteiger partial charge on any atom is 0.217 e. The molecule has 0 aliphatic carbocycles. The molecular formula is C13H16N2O3. The first kappa shape index (κ1) is 12.7. The minimum atomic E-state index is -0.515. The molecule has 0 saturated carbocycles. The van der Waals surface area contributed by atoms with Crippen molar-refractivity contribution in [3.63, 3.8) is 0 Å². The van der Waals surface area contributed by atoms with E-state index < -0.39 is 6.29 Å². The van der Waals surface area contributed by atoms with Crippen LogP contribution in [0.2, 0.25) is 0 Å². The smallest absolute Gasteiger partial charge is 0.217 e. The Morgan fingerprint density at radius 1 is 1.44 bits per heavy atom. The lowest BCUT2D eigenvalue weighted by Crippen LogP contribution is -2.33. The standard InChI is InChI=1S/C13H16N2O3/c1-3-16-13(17-4-2)11-5-9-7-15-8-10(6-14)12(9)18-11/h5,7,13,15H,3-4,8H2,1-2H3. The molecule has 18 heavy (non-hydrogen) atoms. The van der Waals surface area contributed by atoms with Gasteiger partial charge in [-0.05, 0) is 19.9 Å². The molecule has 0 saturated heterocycles. The highest BCUT2D eigenvalue weighted by atomic mass is 16.7. The van der Waals surface area contributed by atoms with Crippen LogP contribution in [0.1, 0.15) is 25.9 Å². The summed E-state index contributed by atoms with van der Waals surface area (Å²) in [6.45, 7) is 5.36. The molecule has 0 atom stereocenters. The third-order valence-corrected chi connectivity index (χ3v) is 2.59. The fourth-order valence-corrected chi connectivity index (χ4v) is 1.83. The quantitative estimate of drug-likeness (QED) is 0.762. The second-order valence-corrected chi connectivity index (χ2v) is 3.79. The molecule has 0 radical (unpaired) electrons. The Morgan fingerprint density at radius 3 is 2.78 bits per heavy atom. The number of rotatable bonds is 5. The van der Waals surface area contributed by atoms with Gasteiger partial charge in [-0.15, -0.1) is 0 Å². The maximum atomic E-state index is 9.03. The molecule has 1 aliphatic heterocycles. The highest BCUT2D eigenvalue weighted by Crippen LogP contribution is 2.16. The lowest BCUT2D eigenvalue weighted by atomic mass is 10.2. The number of nitriles is 1. The molecule has 5 heteroatoms. The highest BCUT2D eigenvalue weighted by molar-refractivity contribution is 5.62. The summed E-state index contributed by atoms with van der Waals surface area (Å²) in [4.78, 5) is 0. The van der Waals surface area contributed by atoms with Gasteiger partial charge in [-0.25, -0.2) is 0 Å². The fraction of sp³-hybridized carbons (Fsp3) is 0.462. The van der Waals surface area contributed by atoms with Crippen molar-refractivity contribution in [3.05, 3.63) is 22.5 Å². The van der Waals surface area contributed by atoms with Crippen LogP contribution in [0.5, 0.6) is 0 Å². The molecule has 0 aromatic carbocycles. The zero-order chi connectivity index (χ0) is 13.0. The van der Waals surface area contributed by atoms with Crippen molar-refractivity contribution in [2.45, 2.75) is 20.1 Å². The number of fused-ring (bicyclic) bond motifs is 1.